The molecule has 0 aliphatic heterocycles. The number of aromatic nitrogens is 2. The summed E-state index contributed by atoms with van der Waals surface area (Å²) in [6.45, 7) is 8.45. The minimum absolute atomic E-state index is 0.0364. The van der Waals surface area contributed by atoms with Crippen molar-refractivity contribution in [1.82, 2.24) is 9.78 Å². The van der Waals surface area contributed by atoms with E-state index in [-0.39, 0.29) is 6.04 Å². The Labute approximate surface area is 93.8 Å². The number of halogens is 1. The van der Waals surface area contributed by atoms with Crippen LogP contribution >= 0.6 is 15.9 Å². The summed E-state index contributed by atoms with van der Waals surface area (Å²) in [7, 11) is 0. The summed E-state index contributed by atoms with van der Waals surface area (Å²) in [5.41, 5.74) is 7.22. The molecule has 0 saturated carbocycles. The van der Waals surface area contributed by atoms with Crippen LogP contribution in [0, 0.1) is 5.92 Å². The fraction of sp³-hybridized carbons (Fsp3) is 0.700. The van der Waals surface area contributed by atoms with E-state index < -0.39 is 0 Å². The van der Waals surface area contributed by atoms with Crippen LogP contribution < -0.4 is 5.73 Å². The highest BCUT2D eigenvalue weighted by molar-refractivity contribution is 9.10. The molecular weight excluding hydrogens is 242 g/mol. The summed E-state index contributed by atoms with van der Waals surface area (Å²) in [6, 6.07) is 0.385. The molecule has 14 heavy (non-hydrogen) atoms. The Balaban J connectivity index is 3.10. The summed E-state index contributed by atoms with van der Waals surface area (Å²) in [5.74, 6) is 0.417. The highest BCUT2D eigenvalue weighted by Gasteiger charge is 2.20. The standard InChI is InChI=1S/C10H18BrN3/c1-6(2)9(12)10-8(11)5-13-14(10)7(3)4/h5-7,9H,12H2,1-4H3. The first kappa shape index (κ1) is 11.7. The van der Waals surface area contributed by atoms with Gasteiger partial charge in [-0.25, -0.2) is 0 Å². The quantitative estimate of drug-likeness (QED) is 0.908. The molecule has 0 radical (unpaired) electrons. The largest absolute Gasteiger partial charge is 0.322 e. The molecule has 0 saturated heterocycles. The van der Waals surface area contributed by atoms with Gasteiger partial charge in [-0.05, 0) is 35.7 Å². The molecule has 0 aliphatic carbocycles. The monoisotopic (exact) mass is 259 g/mol. The second-order valence-electron chi connectivity index (χ2n) is 4.19. The van der Waals surface area contributed by atoms with E-state index in [1.54, 1.807) is 0 Å². The lowest BCUT2D eigenvalue weighted by atomic mass is 10.0. The number of nitrogens with zero attached hydrogens (tertiary/aromatic N) is 2. The second kappa shape index (κ2) is 4.45. The van der Waals surface area contributed by atoms with Crippen molar-refractivity contribution < 1.29 is 0 Å². The van der Waals surface area contributed by atoms with E-state index in [2.05, 4.69) is 48.7 Å². The topological polar surface area (TPSA) is 43.8 Å². The predicted octanol–water partition coefficient (Wildman–Crippen LogP) is 2.88. The van der Waals surface area contributed by atoms with Crippen molar-refractivity contribution in [2.24, 2.45) is 11.7 Å². The maximum absolute atomic E-state index is 6.13. The number of hydrogen-bond acceptors (Lipinski definition) is 2. The third kappa shape index (κ3) is 2.17. The summed E-state index contributed by atoms with van der Waals surface area (Å²) < 4.78 is 2.99. The molecule has 0 amide bonds. The van der Waals surface area contributed by atoms with Crippen LogP contribution in [0.15, 0.2) is 10.7 Å². The Bertz CT molecular complexity index is 304. The zero-order valence-corrected chi connectivity index (χ0v) is 10.7. The summed E-state index contributed by atoms with van der Waals surface area (Å²) in [5, 5.41) is 4.31. The first-order valence-corrected chi connectivity index (χ1v) is 5.73. The van der Waals surface area contributed by atoms with Gasteiger partial charge in [0, 0.05) is 6.04 Å². The fourth-order valence-corrected chi connectivity index (χ4v) is 1.93. The van der Waals surface area contributed by atoms with E-state index in [0.29, 0.717) is 12.0 Å². The molecule has 80 valence electrons. The first-order chi connectivity index (χ1) is 6.45. The summed E-state index contributed by atoms with van der Waals surface area (Å²) >= 11 is 3.49. The van der Waals surface area contributed by atoms with Crippen molar-refractivity contribution in [3.8, 4) is 0 Å². The van der Waals surface area contributed by atoms with Gasteiger partial charge in [-0.3, -0.25) is 4.68 Å². The highest BCUT2D eigenvalue weighted by atomic mass is 79.9. The molecule has 2 N–H and O–H groups in total. The van der Waals surface area contributed by atoms with Gasteiger partial charge >= 0.3 is 0 Å². The third-order valence-electron chi connectivity index (χ3n) is 2.31. The second-order valence-corrected chi connectivity index (χ2v) is 5.04. The van der Waals surface area contributed by atoms with Gasteiger partial charge in [0.25, 0.3) is 0 Å². The van der Waals surface area contributed by atoms with Crippen LogP contribution in [0.2, 0.25) is 0 Å². The Morgan fingerprint density at radius 1 is 1.36 bits per heavy atom. The minimum atomic E-state index is 0.0364. The molecule has 3 nitrogen and oxygen atoms in total. The van der Waals surface area contributed by atoms with Gasteiger partial charge in [-0.1, -0.05) is 13.8 Å². The zero-order chi connectivity index (χ0) is 10.9. The third-order valence-corrected chi connectivity index (χ3v) is 2.92. The van der Waals surface area contributed by atoms with Crippen molar-refractivity contribution >= 4 is 15.9 Å². The van der Waals surface area contributed by atoms with Crippen molar-refractivity contribution in [3.05, 3.63) is 16.4 Å². The number of hydrogen-bond donors (Lipinski definition) is 1. The van der Waals surface area contributed by atoms with Crippen LogP contribution in [0.1, 0.15) is 45.5 Å². The van der Waals surface area contributed by atoms with E-state index in [1.165, 1.54) is 0 Å². The van der Waals surface area contributed by atoms with Gasteiger partial charge in [-0.2, -0.15) is 5.10 Å². The maximum Gasteiger partial charge on any atom is 0.0699 e. The molecule has 1 unspecified atom stereocenters. The molecule has 1 aromatic heterocycles. The molecule has 1 rings (SSSR count). The molecule has 1 aromatic rings. The molecule has 1 heterocycles. The number of nitrogens with two attached hydrogens (primary N) is 1. The van der Waals surface area contributed by atoms with Gasteiger partial charge in [-0.15, -0.1) is 0 Å². The average molecular weight is 260 g/mol. The van der Waals surface area contributed by atoms with Crippen molar-refractivity contribution in [2.75, 3.05) is 0 Å². The van der Waals surface area contributed by atoms with Crippen LogP contribution in [0.4, 0.5) is 0 Å². The highest BCUT2D eigenvalue weighted by Crippen LogP contribution is 2.28. The van der Waals surface area contributed by atoms with Crippen molar-refractivity contribution in [3.63, 3.8) is 0 Å². The Kier molecular flexibility index (Phi) is 3.72. The van der Waals surface area contributed by atoms with Crippen molar-refractivity contribution in [1.29, 1.82) is 0 Å². The predicted molar refractivity (Wildman–Crippen MR) is 62.1 cm³/mol. The van der Waals surface area contributed by atoms with E-state index in [1.807, 2.05) is 10.9 Å². The fourth-order valence-electron chi connectivity index (χ4n) is 1.39. The summed E-state index contributed by atoms with van der Waals surface area (Å²) in [6.07, 6.45) is 1.82. The SMILES string of the molecule is CC(C)C(N)c1c(Br)cnn1C(C)C. The average Bonchev–Trinajstić information content (AvgIpc) is 2.45. The molecule has 0 aliphatic rings. The normalized spacial score (nSPS) is 14.0. The first-order valence-electron chi connectivity index (χ1n) is 4.93. The molecule has 1 atom stereocenters. The lowest BCUT2D eigenvalue weighted by molar-refractivity contribution is 0.433. The van der Waals surface area contributed by atoms with Crippen LogP contribution in [0.3, 0.4) is 0 Å². The molecule has 0 aromatic carbocycles. The van der Waals surface area contributed by atoms with Crippen LogP contribution in [0.5, 0.6) is 0 Å². The Morgan fingerprint density at radius 2 is 1.93 bits per heavy atom. The van der Waals surface area contributed by atoms with Gasteiger partial charge in [0.15, 0.2) is 0 Å². The van der Waals surface area contributed by atoms with E-state index in [4.69, 9.17) is 5.73 Å². The molecule has 0 spiro atoms. The zero-order valence-electron chi connectivity index (χ0n) is 9.16. The van der Waals surface area contributed by atoms with Gasteiger partial charge < -0.3 is 5.73 Å². The van der Waals surface area contributed by atoms with E-state index >= 15 is 0 Å². The van der Waals surface area contributed by atoms with E-state index in [9.17, 15) is 0 Å². The maximum atomic E-state index is 6.13. The minimum Gasteiger partial charge on any atom is -0.322 e. The van der Waals surface area contributed by atoms with Crippen LogP contribution in [-0.2, 0) is 0 Å². The lowest BCUT2D eigenvalue weighted by Gasteiger charge is -2.20. The number of rotatable bonds is 3. The molecule has 0 bridgehead atoms. The molecular formula is C10H18BrN3. The Morgan fingerprint density at radius 3 is 2.36 bits per heavy atom. The summed E-state index contributed by atoms with van der Waals surface area (Å²) in [4.78, 5) is 0. The van der Waals surface area contributed by atoms with Gasteiger partial charge in [0.05, 0.1) is 22.4 Å². The smallest absolute Gasteiger partial charge is 0.0699 e. The van der Waals surface area contributed by atoms with Crippen molar-refractivity contribution in [2.45, 2.75) is 39.8 Å². The van der Waals surface area contributed by atoms with Gasteiger partial charge in [0.2, 0.25) is 0 Å². The van der Waals surface area contributed by atoms with Gasteiger partial charge in [0.1, 0.15) is 0 Å². The molecule has 4 heteroatoms. The Hall–Kier alpha value is -0.350. The van der Waals surface area contributed by atoms with Crippen LogP contribution in [-0.4, -0.2) is 9.78 Å². The molecule has 0 fully saturated rings. The van der Waals surface area contributed by atoms with E-state index in [0.717, 1.165) is 10.2 Å². The van der Waals surface area contributed by atoms with Crippen LogP contribution in [0.25, 0.3) is 0 Å². The lowest BCUT2D eigenvalue weighted by Crippen LogP contribution is -2.22.